The van der Waals surface area contributed by atoms with Crippen LogP contribution in [-0.2, 0) is 11.2 Å². The monoisotopic (exact) mass is 227 g/mol. The number of ether oxygens (including phenoxy) is 1. The summed E-state index contributed by atoms with van der Waals surface area (Å²) in [7, 11) is 0. The average molecular weight is 227 g/mol. The highest BCUT2D eigenvalue weighted by Gasteiger charge is 2.16. The Morgan fingerprint density at radius 3 is 2.88 bits per heavy atom. The molecule has 16 heavy (non-hydrogen) atoms. The molecule has 0 aliphatic heterocycles. The molecule has 0 saturated carbocycles. The summed E-state index contributed by atoms with van der Waals surface area (Å²) < 4.78 is 10.4. The highest BCUT2D eigenvalue weighted by Crippen LogP contribution is 2.17. The molecular weight excluding hydrogens is 206 g/mol. The van der Waals surface area contributed by atoms with Gasteiger partial charge >= 0.3 is 0 Å². The molecule has 0 fully saturated rings. The van der Waals surface area contributed by atoms with Crippen LogP contribution in [0.2, 0.25) is 0 Å². The van der Waals surface area contributed by atoms with Gasteiger partial charge in [0.15, 0.2) is 5.82 Å². The van der Waals surface area contributed by atoms with Gasteiger partial charge in [-0.1, -0.05) is 18.5 Å². The van der Waals surface area contributed by atoms with Crippen molar-refractivity contribution in [3.8, 4) is 0 Å². The standard InChI is InChI=1S/C11H21N3O2/c1-3-5-9(8-12)11-13-10(14-16-11)6-7-15-4-2/h9H,3-8,12H2,1-2H3. The Morgan fingerprint density at radius 2 is 2.25 bits per heavy atom. The van der Waals surface area contributed by atoms with Gasteiger partial charge in [-0.2, -0.15) is 4.98 Å². The first-order chi connectivity index (χ1) is 7.81. The molecule has 1 aromatic rings. The largest absolute Gasteiger partial charge is 0.381 e. The van der Waals surface area contributed by atoms with E-state index in [1.807, 2.05) is 6.92 Å². The van der Waals surface area contributed by atoms with Crippen LogP contribution in [0.4, 0.5) is 0 Å². The maximum Gasteiger partial charge on any atom is 0.231 e. The smallest absolute Gasteiger partial charge is 0.231 e. The molecule has 0 aliphatic carbocycles. The first kappa shape index (κ1) is 13.1. The van der Waals surface area contributed by atoms with Gasteiger partial charge in [-0.05, 0) is 13.3 Å². The van der Waals surface area contributed by atoms with E-state index in [1.165, 1.54) is 0 Å². The molecular formula is C11H21N3O2. The first-order valence-corrected chi connectivity index (χ1v) is 5.92. The summed E-state index contributed by atoms with van der Waals surface area (Å²) in [6, 6.07) is 0. The molecule has 1 aromatic heterocycles. The minimum absolute atomic E-state index is 0.193. The lowest BCUT2D eigenvalue weighted by Crippen LogP contribution is -2.12. The Balaban J connectivity index is 2.48. The lowest BCUT2D eigenvalue weighted by Gasteiger charge is -2.06. The fraction of sp³-hybridized carbons (Fsp3) is 0.818. The Hall–Kier alpha value is -0.940. The second-order valence-corrected chi connectivity index (χ2v) is 3.72. The number of aromatic nitrogens is 2. The Bertz CT molecular complexity index is 289. The molecule has 0 spiro atoms. The minimum Gasteiger partial charge on any atom is -0.381 e. The summed E-state index contributed by atoms with van der Waals surface area (Å²) in [5.41, 5.74) is 5.67. The zero-order chi connectivity index (χ0) is 11.8. The van der Waals surface area contributed by atoms with Gasteiger partial charge in [0.05, 0.1) is 12.5 Å². The molecule has 5 nitrogen and oxygen atoms in total. The topological polar surface area (TPSA) is 74.2 Å². The third-order valence-corrected chi connectivity index (χ3v) is 2.43. The van der Waals surface area contributed by atoms with Gasteiger partial charge in [0, 0.05) is 19.6 Å². The predicted molar refractivity (Wildman–Crippen MR) is 61.2 cm³/mol. The van der Waals surface area contributed by atoms with Crippen LogP contribution in [0, 0.1) is 0 Å². The predicted octanol–water partition coefficient (Wildman–Crippen LogP) is 1.49. The van der Waals surface area contributed by atoms with Gasteiger partial charge in [-0.3, -0.25) is 0 Å². The van der Waals surface area contributed by atoms with Crippen LogP contribution in [0.25, 0.3) is 0 Å². The van der Waals surface area contributed by atoms with Crippen molar-refractivity contribution in [3.63, 3.8) is 0 Å². The fourth-order valence-electron chi connectivity index (χ4n) is 1.53. The van der Waals surface area contributed by atoms with Crippen molar-refractivity contribution in [1.29, 1.82) is 0 Å². The quantitative estimate of drug-likeness (QED) is 0.681. The van der Waals surface area contributed by atoms with Crippen LogP contribution in [0.5, 0.6) is 0 Å². The van der Waals surface area contributed by atoms with E-state index in [0.717, 1.165) is 12.8 Å². The normalized spacial score (nSPS) is 12.9. The summed E-state index contributed by atoms with van der Waals surface area (Å²) in [5.74, 6) is 1.56. The van der Waals surface area contributed by atoms with E-state index < -0.39 is 0 Å². The van der Waals surface area contributed by atoms with Crippen molar-refractivity contribution >= 4 is 0 Å². The van der Waals surface area contributed by atoms with Crippen LogP contribution in [-0.4, -0.2) is 29.9 Å². The van der Waals surface area contributed by atoms with Crippen LogP contribution in [0.15, 0.2) is 4.52 Å². The lowest BCUT2D eigenvalue weighted by atomic mass is 10.0. The van der Waals surface area contributed by atoms with E-state index >= 15 is 0 Å². The maximum absolute atomic E-state index is 5.67. The van der Waals surface area contributed by atoms with Crippen molar-refractivity contribution in [2.24, 2.45) is 5.73 Å². The van der Waals surface area contributed by atoms with Crippen LogP contribution in [0.3, 0.4) is 0 Å². The third kappa shape index (κ3) is 3.90. The van der Waals surface area contributed by atoms with Gasteiger partial charge in [0.1, 0.15) is 0 Å². The lowest BCUT2D eigenvalue weighted by molar-refractivity contribution is 0.149. The summed E-state index contributed by atoms with van der Waals surface area (Å²) in [6.07, 6.45) is 2.75. The van der Waals surface area contributed by atoms with Crippen molar-refractivity contribution in [3.05, 3.63) is 11.7 Å². The number of hydrogen-bond acceptors (Lipinski definition) is 5. The van der Waals surface area contributed by atoms with E-state index in [-0.39, 0.29) is 5.92 Å². The molecule has 1 heterocycles. The summed E-state index contributed by atoms with van der Waals surface area (Å²) in [4.78, 5) is 4.33. The molecule has 0 aromatic carbocycles. The number of nitrogens with zero attached hydrogens (tertiary/aromatic N) is 2. The van der Waals surface area contributed by atoms with Crippen molar-refractivity contribution in [1.82, 2.24) is 10.1 Å². The minimum atomic E-state index is 0.193. The number of nitrogens with two attached hydrogens (primary N) is 1. The van der Waals surface area contributed by atoms with Gasteiger partial charge in [-0.15, -0.1) is 0 Å². The highest BCUT2D eigenvalue weighted by molar-refractivity contribution is 4.94. The zero-order valence-corrected chi connectivity index (χ0v) is 10.1. The molecule has 0 bridgehead atoms. The summed E-state index contributed by atoms with van der Waals surface area (Å²) in [5, 5.41) is 3.92. The van der Waals surface area contributed by atoms with Crippen molar-refractivity contribution in [2.45, 2.75) is 39.0 Å². The van der Waals surface area contributed by atoms with E-state index in [9.17, 15) is 0 Å². The highest BCUT2D eigenvalue weighted by atomic mass is 16.5. The van der Waals surface area contributed by atoms with E-state index in [0.29, 0.717) is 37.9 Å². The summed E-state index contributed by atoms with van der Waals surface area (Å²) >= 11 is 0. The Labute approximate surface area is 96.4 Å². The molecule has 1 rings (SSSR count). The van der Waals surface area contributed by atoms with Gasteiger partial charge in [-0.25, -0.2) is 0 Å². The molecule has 0 aliphatic rings. The summed E-state index contributed by atoms with van der Waals surface area (Å²) in [6.45, 7) is 5.99. The number of rotatable bonds is 8. The third-order valence-electron chi connectivity index (χ3n) is 2.43. The van der Waals surface area contributed by atoms with Gasteiger partial charge in [0.25, 0.3) is 0 Å². The van der Waals surface area contributed by atoms with Crippen LogP contribution in [0.1, 0.15) is 44.3 Å². The second-order valence-electron chi connectivity index (χ2n) is 3.72. The molecule has 0 radical (unpaired) electrons. The van der Waals surface area contributed by atoms with E-state index in [1.54, 1.807) is 0 Å². The molecule has 92 valence electrons. The Kier molecular flexibility index (Phi) is 6.03. The maximum atomic E-state index is 5.67. The second kappa shape index (κ2) is 7.35. The first-order valence-electron chi connectivity index (χ1n) is 5.92. The SMILES string of the molecule is CCCC(CN)c1nc(CCOCC)no1. The molecule has 0 amide bonds. The number of hydrogen-bond donors (Lipinski definition) is 1. The van der Waals surface area contributed by atoms with Crippen molar-refractivity contribution < 1.29 is 9.26 Å². The van der Waals surface area contributed by atoms with E-state index in [4.69, 9.17) is 15.0 Å². The molecule has 1 atom stereocenters. The van der Waals surface area contributed by atoms with Crippen LogP contribution >= 0.6 is 0 Å². The van der Waals surface area contributed by atoms with Crippen molar-refractivity contribution in [2.75, 3.05) is 19.8 Å². The average Bonchev–Trinajstić information content (AvgIpc) is 2.75. The van der Waals surface area contributed by atoms with E-state index in [2.05, 4.69) is 17.1 Å². The molecule has 0 saturated heterocycles. The van der Waals surface area contributed by atoms with Gasteiger partial charge < -0.3 is 15.0 Å². The van der Waals surface area contributed by atoms with Crippen LogP contribution < -0.4 is 5.73 Å². The fourth-order valence-corrected chi connectivity index (χ4v) is 1.53. The Morgan fingerprint density at radius 1 is 1.44 bits per heavy atom. The molecule has 2 N–H and O–H groups in total. The molecule has 1 unspecified atom stereocenters. The van der Waals surface area contributed by atoms with Gasteiger partial charge in [0.2, 0.25) is 5.89 Å². The zero-order valence-electron chi connectivity index (χ0n) is 10.1. The molecule has 5 heteroatoms.